The third-order valence-electron chi connectivity index (χ3n) is 2.49. The van der Waals surface area contributed by atoms with Crippen LogP contribution in [0.1, 0.15) is 28.9 Å². The van der Waals surface area contributed by atoms with E-state index in [9.17, 15) is 4.79 Å². The van der Waals surface area contributed by atoms with Crippen LogP contribution in [-0.4, -0.2) is 11.0 Å². The molecule has 1 aromatic heterocycles. The average molecular weight is 306 g/mol. The molecule has 4 heteroatoms. The number of halogens is 1. The van der Waals surface area contributed by atoms with E-state index in [2.05, 4.69) is 20.9 Å². The maximum Gasteiger partial charge on any atom is 0.340 e. The van der Waals surface area contributed by atoms with Gasteiger partial charge in [-0.2, -0.15) is 0 Å². The largest absolute Gasteiger partial charge is 0.454 e. The maximum atomic E-state index is 11.9. The van der Waals surface area contributed by atoms with Crippen molar-refractivity contribution in [1.82, 2.24) is 4.98 Å². The molecule has 3 nitrogen and oxygen atoms in total. The summed E-state index contributed by atoms with van der Waals surface area (Å²) in [5, 5.41) is 0. The fourth-order valence-electron chi connectivity index (χ4n) is 1.54. The van der Waals surface area contributed by atoms with E-state index in [1.54, 1.807) is 12.3 Å². The smallest absolute Gasteiger partial charge is 0.340 e. The molecule has 1 aromatic carbocycles. The maximum absolute atomic E-state index is 11.9. The Bertz CT molecular complexity index is 543. The van der Waals surface area contributed by atoms with Crippen LogP contribution in [0.25, 0.3) is 0 Å². The van der Waals surface area contributed by atoms with E-state index in [1.165, 1.54) is 6.20 Å². The fraction of sp³-hybridized carbons (Fsp3) is 0.143. The van der Waals surface area contributed by atoms with Gasteiger partial charge in [0.05, 0.1) is 5.56 Å². The van der Waals surface area contributed by atoms with Gasteiger partial charge in [-0.25, -0.2) is 4.79 Å². The van der Waals surface area contributed by atoms with Gasteiger partial charge in [-0.1, -0.05) is 30.3 Å². The molecule has 1 heterocycles. The van der Waals surface area contributed by atoms with Crippen LogP contribution in [0.3, 0.4) is 0 Å². The van der Waals surface area contributed by atoms with Crippen LogP contribution >= 0.6 is 15.9 Å². The first-order chi connectivity index (χ1) is 8.66. The summed E-state index contributed by atoms with van der Waals surface area (Å²) in [5.74, 6) is -0.375. The molecule has 0 amide bonds. The van der Waals surface area contributed by atoms with Gasteiger partial charge in [-0.3, -0.25) is 4.98 Å². The van der Waals surface area contributed by atoms with E-state index in [0.717, 1.165) is 10.0 Å². The first-order valence-corrected chi connectivity index (χ1v) is 6.32. The summed E-state index contributed by atoms with van der Waals surface area (Å²) in [6.07, 6.45) is 2.83. The van der Waals surface area contributed by atoms with Crippen molar-refractivity contribution in [2.45, 2.75) is 13.0 Å². The van der Waals surface area contributed by atoms with Gasteiger partial charge < -0.3 is 4.74 Å². The number of hydrogen-bond donors (Lipinski definition) is 0. The molecule has 0 unspecified atom stereocenters. The van der Waals surface area contributed by atoms with E-state index in [1.807, 2.05) is 37.3 Å². The quantitative estimate of drug-likeness (QED) is 0.811. The van der Waals surface area contributed by atoms with Gasteiger partial charge in [0, 0.05) is 16.9 Å². The number of carbonyl (C=O) groups excluding carboxylic acids is 1. The number of benzene rings is 1. The minimum atomic E-state index is -0.375. The zero-order valence-corrected chi connectivity index (χ0v) is 11.4. The lowest BCUT2D eigenvalue weighted by Crippen LogP contribution is -2.09. The molecule has 0 saturated carbocycles. The average Bonchev–Trinajstić information content (AvgIpc) is 2.39. The van der Waals surface area contributed by atoms with Gasteiger partial charge in [0.1, 0.15) is 6.10 Å². The zero-order chi connectivity index (χ0) is 13.0. The summed E-state index contributed by atoms with van der Waals surface area (Å²) in [4.78, 5) is 15.8. The Kier molecular flexibility index (Phi) is 4.10. The molecule has 92 valence electrons. The lowest BCUT2D eigenvalue weighted by Gasteiger charge is -2.13. The number of carbonyl (C=O) groups is 1. The van der Waals surface area contributed by atoms with E-state index in [-0.39, 0.29) is 12.1 Å². The van der Waals surface area contributed by atoms with Gasteiger partial charge in [-0.15, -0.1) is 0 Å². The van der Waals surface area contributed by atoms with Crippen molar-refractivity contribution in [1.29, 1.82) is 0 Å². The van der Waals surface area contributed by atoms with Gasteiger partial charge >= 0.3 is 5.97 Å². The summed E-state index contributed by atoms with van der Waals surface area (Å²) in [5.41, 5.74) is 1.40. The summed E-state index contributed by atoms with van der Waals surface area (Å²) >= 11 is 3.27. The molecule has 18 heavy (non-hydrogen) atoms. The molecule has 0 radical (unpaired) electrons. The van der Waals surface area contributed by atoms with Crippen molar-refractivity contribution < 1.29 is 9.53 Å². The van der Waals surface area contributed by atoms with Crippen molar-refractivity contribution in [3.8, 4) is 0 Å². The molecule has 0 saturated heterocycles. The summed E-state index contributed by atoms with van der Waals surface area (Å²) < 4.78 is 6.13. The third kappa shape index (κ3) is 3.17. The number of aromatic nitrogens is 1. The SMILES string of the molecule is C[C@H](OC(=O)c1cncc(Br)c1)c1ccccc1. The first kappa shape index (κ1) is 12.8. The van der Waals surface area contributed by atoms with Crippen molar-refractivity contribution in [3.05, 3.63) is 64.4 Å². The van der Waals surface area contributed by atoms with Gasteiger partial charge in [0.2, 0.25) is 0 Å². The Labute approximate surface area is 114 Å². The van der Waals surface area contributed by atoms with Crippen LogP contribution in [0.4, 0.5) is 0 Å². The monoisotopic (exact) mass is 305 g/mol. The molecule has 0 N–H and O–H groups in total. The van der Waals surface area contributed by atoms with E-state index in [0.29, 0.717) is 5.56 Å². The molecular formula is C14H12BrNO2. The molecule has 1 atom stereocenters. The Hall–Kier alpha value is -1.68. The standard InChI is InChI=1S/C14H12BrNO2/c1-10(11-5-3-2-4-6-11)18-14(17)12-7-13(15)9-16-8-12/h2-10H,1H3/t10-/m0/s1. The van der Waals surface area contributed by atoms with Crippen LogP contribution in [0.2, 0.25) is 0 Å². The molecule has 0 bridgehead atoms. The highest BCUT2D eigenvalue weighted by Crippen LogP contribution is 2.19. The molecule has 0 aliphatic carbocycles. The highest BCUT2D eigenvalue weighted by molar-refractivity contribution is 9.10. The number of esters is 1. The Morgan fingerprint density at radius 2 is 2.00 bits per heavy atom. The fourth-order valence-corrected chi connectivity index (χ4v) is 1.91. The molecule has 0 aliphatic rings. The molecule has 0 spiro atoms. The van der Waals surface area contributed by atoms with Crippen molar-refractivity contribution in [2.24, 2.45) is 0 Å². The highest BCUT2D eigenvalue weighted by Gasteiger charge is 2.13. The number of ether oxygens (including phenoxy) is 1. The second-order valence-corrected chi connectivity index (χ2v) is 4.77. The lowest BCUT2D eigenvalue weighted by atomic mass is 10.1. The zero-order valence-electron chi connectivity index (χ0n) is 9.84. The predicted molar refractivity (Wildman–Crippen MR) is 72.2 cm³/mol. The van der Waals surface area contributed by atoms with Crippen molar-refractivity contribution >= 4 is 21.9 Å². The summed E-state index contributed by atoms with van der Waals surface area (Å²) in [7, 11) is 0. The molecule has 0 fully saturated rings. The van der Waals surface area contributed by atoms with Crippen LogP contribution in [0.5, 0.6) is 0 Å². The second kappa shape index (κ2) is 5.78. The summed E-state index contributed by atoms with van der Waals surface area (Å²) in [6.45, 7) is 1.85. The molecule has 0 aliphatic heterocycles. The van der Waals surface area contributed by atoms with Crippen LogP contribution in [0.15, 0.2) is 53.3 Å². The predicted octanol–water partition coefficient (Wildman–Crippen LogP) is 3.76. The number of nitrogens with zero attached hydrogens (tertiary/aromatic N) is 1. The van der Waals surface area contributed by atoms with Gasteiger partial charge in [0.25, 0.3) is 0 Å². The minimum Gasteiger partial charge on any atom is -0.454 e. The van der Waals surface area contributed by atoms with Gasteiger partial charge in [-0.05, 0) is 34.5 Å². The first-order valence-electron chi connectivity index (χ1n) is 5.53. The summed E-state index contributed by atoms with van der Waals surface area (Å²) in [6, 6.07) is 11.3. The minimum absolute atomic E-state index is 0.280. The van der Waals surface area contributed by atoms with E-state index >= 15 is 0 Å². The van der Waals surface area contributed by atoms with Crippen LogP contribution < -0.4 is 0 Å². The number of hydrogen-bond acceptors (Lipinski definition) is 3. The van der Waals surface area contributed by atoms with Crippen molar-refractivity contribution in [3.63, 3.8) is 0 Å². The lowest BCUT2D eigenvalue weighted by molar-refractivity contribution is 0.0337. The van der Waals surface area contributed by atoms with E-state index < -0.39 is 0 Å². The van der Waals surface area contributed by atoms with E-state index in [4.69, 9.17) is 4.74 Å². The third-order valence-corrected chi connectivity index (χ3v) is 2.93. The van der Waals surface area contributed by atoms with Crippen LogP contribution in [0, 0.1) is 0 Å². The molecule has 2 rings (SSSR count). The Balaban J connectivity index is 2.08. The van der Waals surface area contributed by atoms with Gasteiger partial charge in [0.15, 0.2) is 0 Å². The van der Waals surface area contributed by atoms with Crippen LogP contribution in [-0.2, 0) is 4.74 Å². The normalized spacial score (nSPS) is 11.9. The topological polar surface area (TPSA) is 39.2 Å². The second-order valence-electron chi connectivity index (χ2n) is 3.85. The molecule has 2 aromatic rings. The Morgan fingerprint density at radius 3 is 2.67 bits per heavy atom. The molecular weight excluding hydrogens is 294 g/mol. The number of pyridine rings is 1. The Morgan fingerprint density at radius 1 is 1.28 bits per heavy atom. The highest BCUT2D eigenvalue weighted by atomic mass is 79.9. The number of rotatable bonds is 3. The van der Waals surface area contributed by atoms with Crippen molar-refractivity contribution in [2.75, 3.05) is 0 Å².